The molecular weight excluding hydrogens is 220 g/mol. The maximum absolute atomic E-state index is 6.27. The van der Waals surface area contributed by atoms with Crippen LogP contribution in [0.2, 0.25) is 0 Å². The Hall–Kier alpha value is -0.860. The van der Waals surface area contributed by atoms with Crippen LogP contribution in [0.5, 0.6) is 0 Å². The second-order valence-electron chi connectivity index (χ2n) is 5.41. The zero-order valence-corrected chi connectivity index (χ0v) is 11.7. The minimum Gasteiger partial charge on any atom is -0.328 e. The SMILES string of the molecule is CCN(CC)CCC(N)CC1Cc2ccccc21. The first-order valence-corrected chi connectivity index (χ1v) is 7.30. The fraction of sp³-hybridized carbons (Fsp3) is 0.625. The predicted octanol–water partition coefficient (Wildman–Crippen LogP) is 2.78. The molecule has 0 amide bonds. The standard InChI is InChI=1S/C16H26N2/c1-3-18(4-2)10-9-15(17)12-14-11-13-7-5-6-8-16(13)14/h5-8,14-15H,3-4,9-12,17H2,1-2H3. The molecule has 0 saturated heterocycles. The van der Waals surface area contributed by atoms with Crippen molar-refractivity contribution in [3.8, 4) is 0 Å². The summed E-state index contributed by atoms with van der Waals surface area (Å²) in [5, 5.41) is 0. The average molecular weight is 246 g/mol. The van der Waals surface area contributed by atoms with Gasteiger partial charge in [-0.2, -0.15) is 0 Å². The Balaban J connectivity index is 1.75. The lowest BCUT2D eigenvalue weighted by Gasteiger charge is -2.32. The second-order valence-corrected chi connectivity index (χ2v) is 5.41. The largest absolute Gasteiger partial charge is 0.328 e. The molecule has 18 heavy (non-hydrogen) atoms. The normalized spacial score (nSPS) is 19.4. The molecular formula is C16H26N2. The van der Waals surface area contributed by atoms with E-state index in [0.717, 1.165) is 32.5 Å². The number of rotatable bonds is 7. The van der Waals surface area contributed by atoms with E-state index in [1.54, 1.807) is 0 Å². The van der Waals surface area contributed by atoms with Gasteiger partial charge in [0.05, 0.1) is 0 Å². The number of hydrogen-bond acceptors (Lipinski definition) is 2. The van der Waals surface area contributed by atoms with Gasteiger partial charge in [0.1, 0.15) is 0 Å². The minimum absolute atomic E-state index is 0.351. The molecule has 0 fully saturated rings. The average Bonchev–Trinajstić information content (AvgIpc) is 2.37. The van der Waals surface area contributed by atoms with Gasteiger partial charge in [0.2, 0.25) is 0 Å². The fourth-order valence-corrected chi connectivity index (χ4v) is 2.94. The molecule has 1 aromatic carbocycles. The summed E-state index contributed by atoms with van der Waals surface area (Å²) in [5.41, 5.74) is 9.34. The Morgan fingerprint density at radius 3 is 2.67 bits per heavy atom. The zero-order valence-electron chi connectivity index (χ0n) is 11.7. The molecule has 2 nitrogen and oxygen atoms in total. The molecule has 2 N–H and O–H groups in total. The summed E-state index contributed by atoms with van der Waals surface area (Å²) >= 11 is 0. The molecule has 2 rings (SSSR count). The molecule has 0 radical (unpaired) electrons. The van der Waals surface area contributed by atoms with Crippen molar-refractivity contribution in [2.45, 2.75) is 45.1 Å². The van der Waals surface area contributed by atoms with Gasteiger partial charge in [-0.3, -0.25) is 0 Å². The van der Waals surface area contributed by atoms with Gasteiger partial charge in [0, 0.05) is 6.04 Å². The summed E-state index contributed by atoms with van der Waals surface area (Å²) in [7, 11) is 0. The number of nitrogens with two attached hydrogens (primary N) is 1. The molecule has 2 unspecified atom stereocenters. The van der Waals surface area contributed by atoms with Crippen molar-refractivity contribution in [3.05, 3.63) is 35.4 Å². The van der Waals surface area contributed by atoms with E-state index in [0.29, 0.717) is 12.0 Å². The Bertz CT molecular complexity index is 371. The van der Waals surface area contributed by atoms with E-state index < -0.39 is 0 Å². The topological polar surface area (TPSA) is 29.3 Å². The summed E-state index contributed by atoms with van der Waals surface area (Å²) in [4.78, 5) is 2.45. The minimum atomic E-state index is 0.351. The molecule has 2 atom stereocenters. The summed E-state index contributed by atoms with van der Waals surface area (Å²) in [6.45, 7) is 7.85. The third-order valence-electron chi connectivity index (χ3n) is 4.26. The van der Waals surface area contributed by atoms with Gasteiger partial charge < -0.3 is 10.6 Å². The van der Waals surface area contributed by atoms with E-state index in [1.807, 2.05) is 0 Å². The van der Waals surface area contributed by atoms with Crippen molar-refractivity contribution in [2.24, 2.45) is 5.73 Å². The first kappa shape index (κ1) is 13.6. The zero-order chi connectivity index (χ0) is 13.0. The molecule has 0 bridgehead atoms. The highest BCUT2D eigenvalue weighted by Gasteiger charge is 2.26. The molecule has 0 aromatic heterocycles. The molecule has 100 valence electrons. The van der Waals surface area contributed by atoms with E-state index in [2.05, 4.69) is 43.0 Å². The Labute approximate surface area is 111 Å². The van der Waals surface area contributed by atoms with Crippen LogP contribution in [0.1, 0.15) is 43.7 Å². The Kier molecular flexibility index (Phi) is 4.79. The number of hydrogen-bond donors (Lipinski definition) is 1. The van der Waals surface area contributed by atoms with Crippen molar-refractivity contribution in [2.75, 3.05) is 19.6 Å². The van der Waals surface area contributed by atoms with Gasteiger partial charge in [0.15, 0.2) is 0 Å². The van der Waals surface area contributed by atoms with E-state index in [9.17, 15) is 0 Å². The van der Waals surface area contributed by atoms with Crippen LogP contribution in [-0.4, -0.2) is 30.6 Å². The molecule has 1 aliphatic carbocycles. The van der Waals surface area contributed by atoms with Crippen LogP contribution in [0.25, 0.3) is 0 Å². The van der Waals surface area contributed by atoms with Crippen LogP contribution >= 0.6 is 0 Å². The summed E-state index contributed by atoms with van der Waals surface area (Å²) < 4.78 is 0. The molecule has 0 heterocycles. The van der Waals surface area contributed by atoms with E-state index >= 15 is 0 Å². The molecule has 0 aliphatic heterocycles. The Morgan fingerprint density at radius 1 is 1.28 bits per heavy atom. The van der Waals surface area contributed by atoms with Crippen LogP contribution < -0.4 is 5.73 Å². The maximum Gasteiger partial charge on any atom is 0.00569 e. The third kappa shape index (κ3) is 3.12. The van der Waals surface area contributed by atoms with Gasteiger partial charge in [-0.05, 0) is 55.9 Å². The van der Waals surface area contributed by atoms with Crippen molar-refractivity contribution in [1.29, 1.82) is 0 Å². The van der Waals surface area contributed by atoms with Gasteiger partial charge in [-0.15, -0.1) is 0 Å². The van der Waals surface area contributed by atoms with Crippen LogP contribution in [0.4, 0.5) is 0 Å². The summed E-state index contributed by atoms with van der Waals surface area (Å²) in [6.07, 6.45) is 3.51. The van der Waals surface area contributed by atoms with E-state index in [-0.39, 0.29) is 0 Å². The smallest absolute Gasteiger partial charge is 0.00569 e. The van der Waals surface area contributed by atoms with E-state index in [4.69, 9.17) is 5.73 Å². The first-order valence-electron chi connectivity index (χ1n) is 7.30. The molecule has 1 aromatic rings. The van der Waals surface area contributed by atoms with Crippen molar-refractivity contribution >= 4 is 0 Å². The van der Waals surface area contributed by atoms with Crippen LogP contribution in [-0.2, 0) is 6.42 Å². The predicted molar refractivity (Wildman–Crippen MR) is 77.9 cm³/mol. The van der Waals surface area contributed by atoms with Crippen LogP contribution in [0, 0.1) is 0 Å². The number of benzene rings is 1. The molecule has 2 heteroatoms. The molecule has 0 spiro atoms. The number of fused-ring (bicyclic) bond motifs is 1. The molecule has 0 saturated carbocycles. The quantitative estimate of drug-likeness (QED) is 0.801. The summed E-state index contributed by atoms with van der Waals surface area (Å²) in [6, 6.07) is 9.14. The fourth-order valence-electron chi connectivity index (χ4n) is 2.94. The highest BCUT2D eigenvalue weighted by Crippen LogP contribution is 2.37. The number of nitrogens with zero attached hydrogens (tertiary/aromatic N) is 1. The highest BCUT2D eigenvalue weighted by atomic mass is 15.1. The van der Waals surface area contributed by atoms with Crippen molar-refractivity contribution < 1.29 is 0 Å². The van der Waals surface area contributed by atoms with Gasteiger partial charge in [0.25, 0.3) is 0 Å². The first-order chi connectivity index (χ1) is 8.74. The molecule has 1 aliphatic rings. The van der Waals surface area contributed by atoms with Crippen molar-refractivity contribution in [3.63, 3.8) is 0 Å². The monoisotopic (exact) mass is 246 g/mol. The third-order valence-corrected chi connectivity index (χ3v) is 4.26. The van der Waals surface area contributed by atoms with Gasteiger partial charge in [-0.25, -0.2) is 0 Å². The van der Waals surface area contributed by atoms with Crippen LogP contribution in [0.3, 0.4) is 0 Å². The van der Waals surface area contributed by atoms with Gasteiger partial charge in [-0.1, -0.05) is 38.1 Å². The van der Waals surface area contributed by atoms with Gasteiger partial charge >= 0.3 is 0 Å². The maximum atomic E-state index is 6.27. The highest BCUT2D eigenvalue weighted by molar-refractivity contribution is 5.39. The van der Waals surface area contributed by atoms with Crippen LogP contribution in [0.15, 0.2) is 24.3 Å². The Morgan fingerprint density at radius 2 is 2.00 bits per heavy atom. The lowest BCUT2D eigenvalue weighted by Crippen LogP contribution is -2.33. The van der Waals surface area contributed by atoms with E-state index in [1.165, 1.54) is 17.5 Å². The van der Waals surface area contributed by atoms with Crippen molar-refractivity contribution in [1.82, 2.24) is 4.90 Å². The lowest BCUT2D eigenvalue weighted by molar-refractivity contribution is 0.284. The lowest BCUT2D eigenvalue weighted by atomic mass is 9.74. The second kappa shape index (κ2) is 6.35. The summed E-state index contributed by atoms with van der Waals surface area (Å²) in [5.74, 6) is 0.716.